The van der Waals surface area contributed by atoms with Gasteiger partial charge in [-0.3, -0.25) is 4.79 Å². The van der Waals surface area contributed by atoms with Crippen LogP contribution in [0.25, 0.3) is 21.5 Å². The summed E-state index contributed by atoms with van der Waals surface area (Å²) in [4.78, 5) is 20.0. The van der Waals surface area contributed by atoms with Gasteiger partial charge >= 0.3 is 0 Å². The van der Waals surface area contributed by atoms with Gasteiger partial charge in [0.15, 0.2) is 0 Å². The molecule has 0 fully saturated rings. The zero-order valence-electron chi connectivity index (χ0n) is 13.1. The number of hydrogen-bond donors (Lipinski definition) is 2. The first kappa shape index (κ1) is 15.9. The van der Waals surface area contributed by atoms with Crippen molar-refractivity contribution in [1.29, 1.82) is 0 Å². The molecular formula is C19H14ClN3OS. The van der Waals surface area contributed by atoms with Crippen LogP contribution in [0.3, 0.4) is 0 Å². The fourth-order valence-corrected chi connectivity index (χ4v) is 3.56. The number of anilines is 1. The number of carbonyl (C=O) groups excluding carboxylic acids is 1. The van der Waals surface area contributed by atoms with Crippen molar-refractivity contribution < 1.29 is 4.79 Å². The molecule has 25 heavy (non-hydrogen) atoms. The van der Waals surface area contributed by atoms with E-state index in [9.17, 15) is 4.79 Å². The molecule has 1 amide bonds. The largest absolute Gasteiger partial charge is 0.361 e. The molecule has 0 aliphatic rings. The van der Waals surface area contributed by atoms with E-state index in [1.807, 2.05) is 60.1 Å². The molecule has 6 heteroatoms. The Hall–Kier alpha value is -2.63. The van der Waals surface area contributed by atoms with Crippen LogP contribution in [0.5, 0.6) is 0 Å². The summed E-state index contributed by atoms with van der Waals surface area (Å²) in [6.45, 7) is 0. The number of nitrogens with one attached hydrogen (secondary N) is 2. The van der Waals surface area contributed by atoms with Crippen LogP contribution < -0.4 is 5.32 Å². The van der Waals surface area contributed by atoms with E-state index in [1.54, 1.807) is 0 Å². The van der Waals surface area contributed by atoms with Crippen molar-refractivity contribution in [2.45, 2.75) is 6.42 Å². The highest BCUT2D eigenvalue weighted by Gasteiger charge is 2.10. The average molecular weight is 368 g/mol. The van der Waals surface area contributed by atoms with Crippen molar-refractivity contribution >= 4 is 45.4 Å². The molecule has 0 unspecified atom stereocenters. The van der Waals surface area contributed by atoms with Gasteiger partial charge in [0.2, 0.25) is 5.91 Å². The van der Waals surface area contributed by atoms with Gasteiger partial charge in [-0.2, -0.15) is 0 Å². The van der Waals surface area contributed by atoms with E-state index in [1.165, 1.54) is 11.3 Å². The topological polar surface area (TPSA) is 57.8 Å². The lowest BCUT2D eigenvalue weighted by Crippen LogP contribution is -2.14. The van der Waals surface area contributed by atoms with Crippen LogP contribution in [0.15, 0.2) is 60.1 Å². The van der Waals surface area contributed by atoms with E-state index in [4.69, 9.17) is 11.6 Å². The average Bonchev–Trinajstić information content (AvgIpc) is 3.24. The molecule has 0 saturated carbocycles. The van der Waals surface area contributed by atoms with Gasteiger partial charge in [-0.25, -0.2) is 4.98 Å². The number of halogens is 1. The Morgan fingerprint density at radius 1 is 1.16 bits per heavy atom. The van der Waals surface area contributed by atoms with Gasteiger partial charge in [0.05, 0.1) is 12.1 Å². The molecule has 2 heterocycles. The summed E-state index contributed by atoms with van der Waals surface area (Å²) >= 11 is 7.43. The molecule has 0 aliphatic carbocycles. The van der Waals surface area contributed by atoms with Crippen molar-refractivity contribution in [3.8, 4) is 10.6 Å². The standard InChI is InChI=1S/C19H14ClN3OS/c20-14-4-1-13(2-5-14)19-23-16(11-25-19)10-18(24)22-15-6-3-12-7-8-21-17(12)9-15/h1-9,11,21H,10H2,(H,22,24). The summed E-state index contributed by atoms with van der Waals surface area (Å²) in [5.41, 5.74) is 3.52. The van der Waals surface area contributed by atoms with Gasteiger partial charge in [0.25, 0.3) is 0 Å². The number of fused-ring (bicyclic) bond motifs is 1. The quantitative estimate of drug-likeness (QED) is 0.525. The van der Waals surface area contributed by atoms with E-state index in [2.05, 4.69) is 15.3 Å². The molecule has 0 saturated heterocycles. The van der Waals surface area contributed by atoms with Crippen LogP contribution in [-0.2, 0) is 11.2 Å². The first-order chi connectivity index (χ1) is 12.2. The highest BCUT2D eigenvalue weighted by molar-refractivity contribution is 7.13. The Morgan fingerprint density at radius 3 is 2.84 bits per heavy atom. The molecular weight excluding hydrogens is 354 g/mol. The van der Waals surface area contributed by atoms with Gasteiger partial charge < -0.3 is 10.3 Å². The SMILES string of the molecule is O=C(Cc1csc(-c2ccc(Cl)cc2)n1)Nc1ccc2cc[nH]c2c1. The molecule has 2 aromatic carbocycles. The van der Waals surface area contributed by atoms with Crippen LogP contribution in [-0.4, -0.2) is 15.9 Å². The van der Waals surface area contributed by atoms with Crippen LogP contribution >= 0.6 is 22.9 Å². The fourth-order valence-electron chi connectivity index (χ4n) is 2.61. The number of H-pyrrole nitrogens is 1. The molecule has 124 valence electrons. The van der Waals surface area contributed by atoms with Gasteiger partial charge in [-0.05, 0) is 35.7 Å². The van der Waals surface area contributed by atoms with Crippen LogP contribution in [0.4, 0.5) is 5.69 Å². The first-order valence-corrected chi connectivity index (χ1v) is 9.00. The molecule has 0 aliphatic heterocycles. The third kappa shape index (κ3) is 3.57. The van der Waals surface area contributed by atoms with E-state index in [-0.39, 0.29) is 12.3 Å². The number of nitrogens with zero attached hydrogens (tertiary/aromatic N) is 1. The van der Waals surface area contributed by atoms with Crippen molar-refractivity contribution in [3.63, 3.8) is 0 Å². The maximum atomic E-state index is 12.3. The molecule has 0 bridgehead atoms. The monoisotopic (exact) mass is 367 g/mol. The second kappa shape index (κ2) is 6.70. The first-order valence-electron chi connectivity index (χ1n) is 7.75. The second-order valence-electron chi connectivity index (χ2n) is 5.66. The molecule has 0 spiro atoms. The summed E-state index contributed by atoms with van der Waals surface area (Å²) in [7, 11) is 0. The molecule has 2 aromatic heterocycles. The zero-order valence-corrected chi connectivity index (χ0v) is 14.7. The Morgan fingerprint density at radius 2 is 2.00 bits per heavy atom. The van der Waals surface area contributed by atoms with E-state index < -0.39 is 0 Å². The van der Waals surface area contributed by atoms with Crippen molar-refractivity contribution in [3.05, 3.63) is 70.8 Å². The van der Waals surface area contributed by atoms with E-state index >= 15 is 0 Å². The number of thiazole rings is 1. The lowest BCUT2D eigenvalue weighted by atomic mass is 10.2. The third-order valence-corrected chi connectivity index (χ3v) is 5.02. The predicted molar refractivity (Wildman–Crippen MR) is 103 cm³/mol. The number of hydrogen-bond acceptors (Lipinski definition) is 3. The number of aromatic nitrogens is 2. The molecule has 0 radical (unpaired) electrons. The Kier molecular flexibility index (Phi) is 4.26. The minimum Gasteiger partial charge on any atom is -0.361 e. The number of benzene rings is 2. The van der Waals surface area contributed by atoms with E-state index in [0.29, 0.717) is 5.02 Å². The maximum absolute atomic E-state index is 12.3. The number of amides is 1. The summed E-state index contributed by atoms with van der Waals surface area (Å²) in [6, 6.07) is 15.3. The van der Waals surface area contributed by atoms with Crippen molar-refractivity contribution in [2.75, 3.05) is 5.32 Å². The summed E-state index contributed by atoms with van der Waals surface area (Å²) < 4.78 is 0. The van der Waals surface area contributed by atoms with Crippen LogP contribution in [0.2, 0.25) is 5.02 Å². The third-order valence-electron chi connectivity index (χ3n) is 3.82. The van der Waals surface area contributed by atoms with Crippen LogP contribution in [0, 0.1) is 0 Å². The van der Waals surface area contributed by atoms with Gasteiger partial charge in [0, 0.05) is 33.4 Å². The molecule has 2 N–H and O–H groups in total. The van der Waals surface area contributed by atoms with Crippen molar-refractivity contribution in [1.82, 2.24) is 9.97 Å². The van der Waals surface area contributed by atoms with Gasteiger partial charge in [0.1, 0.15) is 5.01 Å². The zero-order chi connectivity index (χ0) is 17.2. The highest BCUT2D eigenvalue weighted by atomic mass is 35.5. The molecule has 4 rings (SSSR count). The number of aromatic amines is 1. The lowest BCUT2D eigenvalue weighted by Gasteiger charge is -2.04. The smallest absolute Gasteiger partial charge is 0.230 e. The number of carbonyl (C=O) groups is 1. The molecule has 4 nitrogen and oxygen atoms in total. The Balaban J connectivity index is 1.44. The number of rotatable bonds is 4. The lowest BCUT2D eigenvalue weighted by molar-refractivity contribution is -0.115. The summed E-state index contributed by atoms with van der Waals surface area (Å²) in [5.74, 6) is -0.0844. The van der Waals surface area contributed by atoms with Crippen LogP contribution in [0.1, 0.15) is 5.69 Å². The summed E-state index contributed by atoms with van der Waals surface area (Å²) in [6.07, 6.45) is 2.12. The van der Waals surface area contributed by atoms with E-state index in [0.717, 1.165) is 32.9 Å². The minimum absolute atomic E-state index is 0.0844. The maximum Gasteiger partial charge on any atom is 0.230 e. The predicted octanol–water partition coefficient (Wildman–Crippen LogP) is 5.13. The van der Waals surface area contributed by atoms with Crippen molar-refractivity contribution in [2.24, 2.45) is 0 Å². The minimum atomic E-state index is -0.0844. The highest BCUT2D eigenvalue weighted by Crippen LogP contribution is 2.25. The molecule has 4 aromatic rings. The summed E-state index contributed by atoms with van der Waals surface area (Å²) in [5, 5.41) is 7.52. The molecule has 0 atom stereocenters. The Bertz CT molecular complexity index is 1040. The normalized spacial score (nSPS) is 10.9. The van der Waals surface area contributed by atoms with Gasteiger partial charge in [-0.15, -0.1) is 11.3 Å². The second-order valence-corrected chi connectivity index (χ2v) is 6.95. The fraction of sp³-hybridized carbons (Fsp3) is 0.0526. The Labute approximate surface area is 153 Å². The van der Waals surface area contributed by atoms with Gasteiger partial charge in [-0.1, -0.05) is 29.8 Å².